The molecule has 0 aromatic heterocycles. The van der Waals surface area contributed by atoms with Gasteiger partial charge in [0.1, 0.15) is 17.5 Å². The summed E-state index contributed by atoms with van der Waals surface area (Å²) in [5.41, 5.74) is 0. The van der Waals surface area contributed by atoms with E-state index in [0.29, 0.717) is 0 Å². The lowest BCUT2D eigenvalue weighted by Crippen LogP contribution is -1.87. The van der Waals surface area contributed by atoms with Gasteiger partial charge in [-0.1, -0.05) is 12.1 Å². The summed E-state index contributed by atoms with van der Waals surface area (Å²) >= 11 is 0. The molecule has 2 rings (SSSR count). The van der Waals surface area contributed by atoms with Gasteiger partial charge in [-0.3, -0.25) is 0 Å². The van der Waals surface area contributed by atoms with Crippen molar-refractivity contribution in [2.75, 3.05) is 0 Å². The normalized spacial score (nSPS) is 10.7. The average Bonchev–Trinajstić information content (AvgIpc) is 2.12. The highest BCUT2D eigenvalue weighted by atomic mass is 19.1. The van der Waals surface area contributed by atoms with Crippen molar-refractivity contribution in [3.05, 3.63) is 47.8 Å². The Morgan fingerprint density at radius 1 is 0.692 bits per heavy atom. The Hall–Kier alpha value is -1.51. The molecule has 0 saturated carbocycles. The van der Waals surface area contributed by atoms with Gasteiger partial charge in [-0.25, -0.2) is 13.2 Å². The van der Waals surface area contributed by atoms with Crippen molar-refractivity contribution >= 4 is 10.8 Å². The van der Waals surface area contributed by atoms with Gasteiger partial charge in [0.25, 0.3) is 0 Å². The van der Waals surface area contributed by atoms with Gasteiger partial charge in [0.15, 0.2) is 0 Å². The van der Waals surface area contributed by atoms with Gasteiger partial charge in [-0.2, -0.15) is 0 Å². The summed E-state index contributed by atoms with van der Waals surface area (Å²) in [7, 11) is 0. The predicted molar refractivity (Wildman–Crippen MR) is 43.8 cm³/mol. The summed E-state index contributed by atoms with van der Waals surface area (Å²) in [5, 5.41) is -0.317. The second kappa shape index (κ2) is 2.76. The summed E-state index contributed by atoms with van der Waals surface area (Å²) < 4.78 is 39.1. The predicted octanol–water partition coefficient (Wildman–Crippen LogP) is 3.26. The third-order valence-corrected chi connectivity index (χ3v) is 1.89. The van der Waals surface area contributed by atoms with E-state index in [2.05, 4.69) is 0 Å². The first-order valence-electron chi connectivity index (χ1n) is 3.72. The third kappa shape index (κ3) is 1.16. The van der Waals surface area contributed by atoms with Crippen LogP contribution in [0.5, 0.6) is 0 Å². The highest BCUT2D eigenvalue weighted by Gasteiger charge is 2.08. The number of hydrogen-bond acceptors (Lipinski definition) is 0. The maximum Gasteiger partial charge on any atom is 0.134 e. The quantitative estimate of drug-likeness (QED) is 0.586. The van der Waals surface area contributed by atoms with Crippen molar-refractivity contribution in [3.63, 3.8) is 0 Å². The lowest BCUT2D eigenvalue weighted by Gasteiger charge is -2.01. The van der Waals surface area contributed by atoms with Crippen LogP contribution in [0.2, 0.25) is 0 Å². The zero-order valence-corrected chi connectivity index (χ0v) is 6.52. The highest BCUT2D eigenvalue weighted by Crippen LogP contribution is 2.23. The van der Waals surface area contributed by atoms with Gasteiger partial charge in [0.05, 0.1) is 5.39 Å². The fourth-order valence-corrected chi connectivity index (χ4v) is 1.29. The molecule has 0 N–H and O–H groups in total. The lowest BCUT2D eigenvalue weighted by molar-refractivity contribution is 0.596. The van der Waals surface area contributed by atoms with Crippen LogP contribution >= 0.6 is 0 Å². The van der Waals surface area contributed by atoms with Crippen LogP contribution in [0.1, 0.15) is 0 Å². The molecule has 0 bridgehead atoms. The minimum absolute atomic E-state index is 0.0278. The summed E-state index contributed by atoms with van der Waals surface area (Å²) in [6, 6.07) is 5.69. The van der Waals surface area contributed by atoms with Gasteiger partial charge in [-0.05, 0) is 18.2 Å². The molecule has 0 fully saturated rings. The summed E-state index contributed by atoms with van der Waals surface area (Å²) in [5.74, 6) is -2.10. The Labute approximate surface area is 72.6 Å². The van der Waals surface area contributed by atoms with Crippen LogP contribution in [0.25, 0.3) is 10.8 Å². The number of benzene rings is 2. The number of rotatable bonds is 0. The molecule has 0 nitrogen and oxygen atoms in total. The van der Waals surface area contributed by atoms with Crippen molar-refractivity contribution < 1.29 is 13.2 Å². The summed E-state index contributed by atoms with van der Waals surface area (Å²) in [6.07, 6.45) is 0. The third-order valence-electron chi connectivity index (χ3n) is 1.89. The van der Waals surface area contributed by atoms with Gasteiger partial charge >= 0.3 is 0 Å². The van der Waals surface area contributed by atoms with Crippen molar-refractivity contribution in [3.8, 4) is 0 Å². The van der Waals surface area contributed by atoms with E-state index in [1.54, 1.807) is 0 Å². The molecule has 0 aliphatic rings. The zero-order valence-electron chi connectivity index (χ0n) is 6.52. The standard InChI is InChI=1S/C10H5F3/c11-7-4-5-9(13)10-6(7)2-1-3-8(10)12/h1-5H. The fraction of sp³-hybridized carbons (Fsp3) is 0. The zero-order chi connectivity index (χ0) is 9.42. The number of hydrogen-bond donors (Lipinski definition) is 0. The first-order valence-corrected chi connectivity index (χ1v) is 3.72. The maximum atomic E-state index is 13.0. The first-order chi connectivity index (χ1) is 6.20. The van der Waals surface area contributed by atoms with Gasteiger partial charge in [0.2, 0.25) is 0 Å². The molecule has 0 amide bonds. The minimum Gasteiger partial charge on any atom is -0.206 e. The molecule has 0 aliphatic carbocycles. The molecule has 0 heterocycles. The second-order valence-electron chi connectivity index (χ2n) is 2.69. The SMILES string of the molecule is Fc1ccc(F)c2c(F)cccc12. The van der Waals surface area contributed by atoms with Crippen LogP contribution in [0, 0.1) is 17.5 Å². The van der Waals surface area contributed by atoms with Crippen LogP contribution in [-0.4, -0.2) is 0 Å². The molecule has 0 atom stereocenters. The molecule has 13 heavy (non-hydrogen) atoms. The summed E-state index contributed by atoms with van der Waals surface area (Å²) in [4.78, 5) is 0. The van der Waals surface area contributed by atoms with E-state index in [9.17, 15) is 13.2 Å². The van der Waals surface area contributed by atoms with Crippen molar-refractivity contribution in [1.82, 2.24) is 0 Å². The van der Waals surface area contributed by atoms with Gasteiger partial charge < -0.3 is 0 Å². The molecule has 0 unspecified atom stereocenters. The second-order valence-corrected chi connectivity index (χ2v) is 2.69. The Bertz CT molecular complexity index is 455. The van der Waals surface area contributed by atoms with Crippen molar-refractivity contribution in [2.24, 2.45) is 0 Å². The van der Waals surface area contributed by atoms with E-state index < -0.39 is 17.5 Å². The minimum atomic E-state index is -0.741. The van der Waals surface area contributed by atoms with E-state index in [-0.39, 0.29) is 10.8 Å². The molecule has 2 aromatic carbocycles. The van der Waals surface area contributed by atoms with E-state index >= 15 is 0 Å². The maximum absolute atomic E-state index is 13.0. The molecule has 66 valence electrons. The van der Waals surface area contributed by atoms with E-state index in [4.69, 9.17) is 0 Å². The molecular formula is C10H5F3. The molecule has 0 spiro atoms. The van der Waals surface area contributed by atoms with Crippen LogP contribution in [0.3, 0.4) is 0 Å². The molecule has 0 aliphatic heterocycles. The van der Waals surface area contributed by atoms with E-state index in [0.717, 1.165) is 18.2 Å². The fourth-order valence-electron chi connectivity index (χ4n) is 1.29. The Morgan fingerprint density at radius 3 is 2.00 bits per heavy atom. The first kappa shape index (κ1) is 8.10. The Morgan fingerprint density at radius 2 is 1.31 bits per heavy atom. The van der Waals surface area contributed by atoms with Crippen LogP contribution in [0.15, 0.2) is 30.3 Å². The number of halogens is 3. The Kier molecular flexibility index (Phi) is 1.72. The Balaban J connectivity index is 3.00. The molecule has 0 saturated heterocycles. The smallest absolute Gasteiger partial charge is 0.134 e. The van der Waals surface area contributed by atoms with Gasteiger partial charge in [-0.15, -0.1) is 0 Å². The van der Waals surface area contributed by atoms with Gasteiger partial charge in [0, 0.05) is 5.39 Å². The van der Waals surface area contributed by atoms with Crippen LogP contribution in [0.4, 0.5) is 13.2 Å². The van der Waals surface area contributed by atoms with Crippen molar-refractivity contribution in [2.45, 2.75) is 0 Å². The van der Waals surface area contributed by atoms with Crippen molar-refractivity contribution in [1.29, 1.82) is 0 Å². The van der Waals surface area contributed by atoms with E-state index in [1.807, 2.05) is 0 Å². The average molecular weight is 182 g/mol. The molecule has 2 aromatic rings. The molecule has 3 heteroatoms. The molecule has 0 radical (unpaired) electrons. The van der Waals surface area contributed by atoms with Crippen LogP contribution < -0.4 is 0 Å². The monoisotopic (exact) mass is 182 g/mol. The largest absolute Gasteiger partial charge is 0.206 e. The van der Waals surface area contributed by atoms with Crippen LogP contribution in [-0.2, 0) is 0 Å². The number of fused-ring (bicyclic) bond motifs is 1. The highest BCUT2D eigenvalue weighted by molar-refractivity contribution is 5.84. The topological polar surface area (TPSA) is 0 Å². The lowest BCUT2D eigenvalue weighted by atomic mass is 10.1. The molecular weight excluding hydrogens is 177 g/mol. The summed E-state index contributed by atoms with van der Waals surface area (Å²) in [6.45, 7) is 0. The van der Waals surface area contributed by atoms with E-state index in [1.165, 1.54) is 12.1 Å².